The minimum Gasteiger partial charge on any atom is -0.432 e. The lowest BCUT2D eigenvalue weighted by molar-refractivity contribution is -0.0521. The fraction of sp³-hybridized carbons (Fsp3) is 0.500. The Hall–Kier alpha value is -1.04. The van der Waals surface area contributed by atoms with E-state index in [1.165, 1.54) is 12.1 Å². The van der Waals surface area contributed by atoms with E-state index >= 15 is 0 Å². The van der Waals surface area contributed by atoms with Crippen LogP contribution in [0.15, 0.2) is 18.2 Å². The van der Waals surface area contributed by atoms with Gasteiger partial charge >= 0.3 is 6.61 Å². The molecule has 2 nitrogen and oxygen atoms in total. The lowest BCUT2D eigenvalue weighted by Gasteiger charge is -2.23. The van der Waals surface area contributed by atoms with Gasteiger partial charge in [-0.1, -0.05) is 0 Å². The number of nitrogens with one attached hydrogen (secondary N) is 1. The van der Waals surface area contributed by atoms with E-state index in [9.17, 15) is 13.2 Å². The molecule has 2 rings (SSSR count). The van der Waals surface area contributed by atoms with Crippen LogP contribution in [-0.2, 0) is 0 Å². The number of rotatable bonds is 4. The number of halogens is 3. The van der Waals surface area contributed by atoms with Crippen molar-refractivity contribution in [2.75, 3.05) is 16.8 Å². The highest BCUT2D eigenvalue weighted by Crippen LogP contribution is 2.25. The van der Waals surface area contributed by atoms with Gasteiger partial charge in [-0.3, -0.25) is 0 Å². The Balaban J connectivity index is 1.99. The number of anilines is 1. The zero-order valence-electron chi connectivity index (χ0n) is 9.67. The molecule has 0 radical (unpaired) electrons. The average molecular weight is 277 g/mol. The van der Waals surface area contributed by atoms with Crippen molar-refractivity contribution in [3.05, 3.63) is 24.0 Å². The molecule has 0 saturated carbocycles. The van der Waals surface area contributed by atoms with Crippen molar-refractivity contribution in [1.82, 2.24) is 0 Å². The molecule has 1 aliphatic heterocycles. The van der Waals surface area contributed by atoms with Crippen LogP contribution in [0.25, 0.3) is 0 Å². The number of hydrogen-bond donors (Lipinski definition) is 1. The largest absolute Gasteiger partial charge is 0.432 e. The third-order valence-electron chi connectivity index (χ3n) is 2.74. The first-order valence-corrected chi connectivity index (χ1v) is 6.89. The first kappa shape index (κ1) is 13.4. The maximum atomic E-state index is 13.5. The van der Waals surface area contributed by atoms with E-state index in [-0.39, 0.29) is 0 Å². The van der Waals surface area contributed by atoms with Crippen LogP contribution in [0.1, 0.15) is 12.8 Å². The van der Waals surface area contributed by atoms with Crippen LogP contribution in [0.2, 0.25) is 0 Å². The summed E-state index contributed by atoms with van der Waals surface area (Å²) in [6.07, 6.45) is 2.06. The molecule has 1 aromatic carbocycles. The van der Waals surface area contributed by atoms with Crippen LogP contribution in [0, 0.1) is 5.82 Å². The van der Waals surface area contributed by atoms with Gasteiger partial charge < -0.3 is 10.1 Å². The summed E-state index contributed by atoms with van der Waals surface area (Å²) < 4.78 is 41.4. The van der Waals surface area contributed by atoms with Crippen LogP contribution in [0.3, 0.4) is 0 Å². The second-order valence-electron chi connectivity index (χ2n) is 4.05. The summed E-state index contributed by atoms with van der Waals surface area (Å²) in [4.78, 5) is 0. The summed E-state index contributed by atoms with van der Waals surface area (Å²) in [5.74, 6) is 0.986. The molecule has 0 bridgehead atoms. The summed E-state index contributed by atoms with van der Waals surface area (Å²) in [6.45, 7) is -3.01. The zero-order chi connectivity index (χ0) is 13.0. The van der Waals surface area contributed by atoms with Gasteiger partial charge in [-0.05, 0) is 36.5 Å². The zero-order valence-corrected chi connectivity index (χ0v) is 10.5. The Bertz CT molecular complexity index is 397. The lowest BCUT2D eigenvalue weighted by Crippen LogP contribution is -2.24. The summed E-state index contributed by atoms with van der Waals surface area (Å²) in [6, 6.07) is 4.30. The minimum atomic E-state index is -3.01. The monoisotopic (exact) mass is 277 g/mol. The van der Waals surface area contributed by atoms with Crippen molar-refractivity contribution < 1.29 is 17.9 Å². The fourth-order valence-electron chi connectivity index (χ4n) is 1.86. The predicted molar refractivity (Wildman–Crippen MR) is 67.0 cm³/mol. The third-order valence-corrected chi connectivity index (χ3v) is 3.79. The van der Waals surface area contributed by atoms with Gasteiger partial charge in [0.25, 0.3) is 0 Å². The normalized spacial score (nSPS) is 16.9. The summed E-state index contributed by atoms with van der Waals surface area (Å²) in [7, 11) is 0. The lowest BCUT2D eigenvalue weighted by atomic mass is 10.1. The number of ether oxygens (including phenoxy) is 1. The molecule has 1 fully saturated rings. The highest BCUT2D eigenvalue weighted by molar-refractivity contribution is 7.99. The van der Waals surface area contributed by atoms with E-state index in [1.54, 1.807) is 6.07 Å². The van der Waals surface area contributed by atoms with Crippen LogP contribution >= 0.6 is 11.8 Å². The molecule has 1 aliphatic rings. The molecule has 0 spiro atoms. The molecular formula is C12H14F3NOS. The number of benzene rings is 1. The molecule has 1 N–H and O–H groups in total. The summed E-state index contributed by atoms with van der Waals surface area (Å²) >= 11 is 1.90. The smallest absolute Gasteiger partial charge is 0.387 e. The van der Waals surface area contributed by atoms with Gasteiger partial charge in [0.05, 0.1) is 0 Å². The molecule has 0 amide bonds. The van der Waals surface area contributed by atoms with E-state index in [0.717, 1.165) is 24.3 Å². The predicted octanol–water partition coefficient (Wildman–Crippen LogP) is 3.73. The Morgan fingerprint density at radius 2 is 2.00 bits per heavy atom. The van der Waals surface area contributed by atoms with Crippen molar-refractivity contribution in [3.63, 3.8) is 0 Å². The van der Waals surface area contributed by atoms with Crippen molar-refractivity contribution in [2.45, 2.75) is 25.5 Å². The maximum Gasteiger partial charge on any atom is 0.387 e. The van der Waals surface area contributed by atoms with E-state index in [4.69, 9.17) is 0 Å². The van der Waals surface area contributed by atoms with Gasteiger partial charge in [0.15, 0.2) is 11.6 Å². The molecule has 6 heteroatoms. The number of hydrogen-bond acceptors (Lipinski definition) is 3. The standard InChI is InChI=1S/C12H14F3NOS/c13-10-7-9(1-2-11(10)17-12(14)15)16-8-3-5-18-6-4-8/h1-2,7-8,12,16H,3-6H2. The highest BCUT2D eigenvalue weighted by atomic mass is 32.2. The first-order chi connectivity index (χ1) is 8.65. The minimum absolute atomic E-state index is 0.326. The molecular weight excluding hydrogens is 263 g/mol. The molecule has 1 aromatic rings. The van der Waals surface area contributed by atoms with E-state index < -0.39 is 18.2 Å². The molecule has 0 atom stereocenters. The first-order valence-electron chi connectivity index (χ1n) is 5.74. The van der Waals surface area contributed by atoms with Gasteiger partial charge in [0.1, 0.15) is 0 Å². The van der Waals surface area contributed by atoms with Crippen molar-refractivity contribution in [1.29, 1.82) is 0 Å². The van der Waals surface area contributed by atoms with Crippen molar-refractivity contribution in [3.8, 4) is 5.75 Å². The highest BCUT2D eigenvalue weighted by Gasteiger charge is 2.15. The van der Waals surface area contributed by atoms with Crippen LogP contribution in [0.5, 0.6) is 5.75 Å². The molecule has 18 heavy (non-hydrogen) atoms. The number of alkyl halides is 2. The Labute approximate surface area is 108 Å². The SMILES string of the molecule is Fc1cc(NC2CCSCC2)ccc1OC(F)F. The van der Waals surface area contributed by atoms with E-state index in [2.05, 4.69) is 10.1 Å². The second-order valence-corrected chi connectivity index (χ2v) is 5.28. The van der Waals surface area contributed by atoms with Gasteiger partial charge in [-0.15, -0.1) is 0 Å². The fourth-order valence-corrected chi connectivity index (χ4v) is 2.97. The van der Waals surface area contributed by atoms with Crippen LogP contribution in [-0.4, -0.2) is 24.2 Å². The topological polar surface area (TPSA) is 21.3 Å². The Morgan fingerprint density at radius 1 is 1.28 bits per heavy atom. The molecule has 1 heterocycles. The summed E-state index contributed by atoms with van der Waals surface area (Å²) in [5.41, 5.74) is 0.603. The van der Waals surface area contributed by atoms with Gasteiger partial charge in [-0.2, -0.15) is 20.5 Å². The third kappa shape index (κ3) is 3.73. The molecule has 1 saturated heterocycles. The van der Waals surface area contributed by atoms with Crippen molar-refractivity contribution in [2.24, 2.45) is 0 Å². The van der Waals surface area contributed by atoms with Gasteiger partial charge in [-0.25, -0.2) is 4.39 Å². The van der Waals surface area contributed by atoms with E-state index in [0.29, 0.717) is 11.7 Å². The molecule has 0 aliphatic carbocycles. The maximum absolute atomic E-state index is 13.5. The summed E-state index contributed by atoms with van der Waals surface area (Å²) in [5, 5.41) is 3.21. The molecule has 0 aromatic heterocycles. The second kappa shape index (κ2) is 6.22. The average Bonchev–Trinajstić information content (AvgIpc) is 2.33. The van der Waals surface area contributed by atoms with Gasteiger partial charge in [0.2, 0.25) is 0 Å². The van der Waals surface area contributed by atoms with Gasteiger partial charge in [0, 0.05) is 17.8 Å². The van der Waals surface area contributed by atoms with Crippen LogP contribution in [0.4, 0.5) is 18.9 Å². The van der Waals surface area contributed by atoms with Crippen LogP contribution < -0.4 is 10.1 Å². The van der Waals surface area contributed by atoms with Crippen molar-refractivity contribution >= 4 is 17.4 Å². The molecule has 0 unspecified atom stereocenters. The Kier molecular flexibility index (Phi) is 4.63. The quantitative estimate of drug-likeness (QED) is 0.906. The van der Waals surface area contributed by atoms with E-state index in [1.807, 2.05) is 11.8 Å². The number of thioether (sulfide) groups is 1. The molecule has 100 valence electrons. The Morgan fingerprint density at radius 3 is 2.61 bits per heavy atom.